The number of ether oxygens (including phenoxy) is 2. The van der Waals surface area contributed by atoms with Crippen LogP contribution in [0.2, 0.25) is 5.02 Å². The molecule has 1 unspecified atom stereocenters. The second kappa shape index (κ2) is 11.8. The molecule has 2 aromatic heterocycles. The van der Waals surface area contributed by atoms with Crippen molar-refractivity contribution in [2.75, 3.05) is 17.7 Å². The number of carbonyl (C=O) groups excluding carboxylic acids is 3. The molecular formula is C23H26ClN5O5S2. The Morgan fingerprint density at radius 3 is 2.64 bits per heavy atom. The second-order valence-electron chi connectivity index (χ2n) is 7.75. The van der Waals surface area contributed by atoms with E-state index in [1.807, 2.05) is 19.9 Å². The van der Waals surface area contributed by atoms with E-state index in [9.17, 15) is 14.4 Å². The van der Waals surface area contributed by atoms with Crippen LogP contribution in [0.25, 0.3) is 0 Å². The summed E-state index contributed by atoms with van der Waals surface area (Å²) in [6, 6.07) is 5.36. The molecule has 0 aliphatic carbocycles. The number of halogens is 1. The molecule has 0 aliphatic rings. The first-order valence-corrected chi connectivity index (χ1v) is 13.1. The lowest BCUT2D eigenvalue weighted by Gasteiger charge is -2.16. The highest BCUT2D eigenvalue weighted by Gasteiger charge is 2.26. The number of thioether (sulfide) groups is 1. The van der Waals surface area contributed by atoms with Crippen molar-refractivity contribution in [3.05, 3.63) is 50.6 Å². The SMILES string of the molecule is CCOC(=O)c1c(NC(=O)CSc2nnc(C(C)Oc3ccc(Cl)cc3C)n2C)sc(C(N)=O)c1C. The van der Waals surface area contributed by atoms with Crippen molar-refractivity contribution in [3.63, 3.8) is 0 Å². The molecule has 36 heavy (non-hydrogen) atoms. The Hall–Kier alpha value is -3.09. The molecule has 1 atom stereocenters. The molecule has 0 spiro atoms. The molecule has 3 aromatic rings. The number of benzene rings is 1. The molecule has 2 amide bonds. The number of rotatable bonds is 10. The van der Waals surface area contributed by atoms with Crippen molar-refractivity contribution in [3.8, 4) is 5.75 Å². The van der Waals surface area contributed by atoms with Gasteiger partial charge in [-0.05, 0) is 57.0 Å². The van der Waals surface area contributed by atoms with Crippen molar-refractivity contribution < 1.29 is 23.9 Å². The molecule has 3 N–H and O–H groups in total. The Labute approximate surface area is 221 Å². The van der Waals surface area contributed by atoms with Crippen LogP contribution in [0.1, 0.15) is 56.9 Å². The first kappa shape index (κ1) is 27.5. The molecule has 192 valence electrons. The molecule has 0 fully saturated rings. The van der Waals surface area contributed by atoms with E-state index in [4.69, 9.17) is 26.8 Å². The summed E-state index contributed by atoms with van der Waals surface area (Å²) in [7, 11) is 1.78. The maximum absolute atomic E-state index is 12.7. The highest BCUT2D eigenvalue weighted by atomic mass is 35.5. The van der Waals surface area contributed by atoms with Crippen LogP contribution in [0.4, 0.5) is 5.00 Å². The van der Waals surface area contributed by atoms with Crippen LogP contribution in [-0.4, -0.2) is 44.9 Å². The third-order valence-corrected chi connectivity index (χ3v) is 7.59. The summed E-state index contributed by atoms with van der Waals surface area (Å²) < 4.78 is 12.8. The van der Waals surface area contributed by atoms with Gasteiger partial charge in [0.1, 0.15) is 10.8 Å². The zero-order valence-corrected chi connectivity index (χ0v) is 22.8. The predicted molar refractivity (Wildman–Crippen MR) is 139 cm³/mol. The largest absolute Gasteiger partial charge is 0.482 e. The van der Waals surface area contributed by atoms with E-state index in [0.717, 1.165) is 16.9 Å². The van der Waals surface area contributed by atoms with E-state index in [1.54, 1.807) is 37.6 Å². The van der Waals surface area contributed by atoms with Crippen molar-refractivity contribution in [2.45, 2.75) is 39.0 Å². The fraction of sp³-hybridized carbons (Fsp3) is 0.348. The van der Waals surface area contributed by atoms with Crippen LogP contribution < -0.4 is 15.8 Å². The molecule has 10 nitrogen and oxygen atoms in total. The van der Waals surface area contributed by atoms with Gasteiger partial charge in [0, 0.05) is 12.1 Å². The van der Waals surface area contributed by atoms with Crippen molar-refractivity contribution in [1.82, 2.24) is 14.8 Å². The maximum Gasteiger partial charge on any atom is 0.341 e. The fourth-order valence-corrected chi connectivity index (χ4v) is 5.38. The number of anilines is 1. The lowest BCUT2D eigenvalue weighted by Crippen LogP contribution is -2.17. The van der Waals surface area contributed by atoms with E-state index in [0.29, 0.717) is 27.3 Å². The number of nitrogens with zero attached hydrogens (tertiary/aromatic N) is 3. The summed E-state index contributed by atoms with van der Waals surface area (Å²) in [5, 5.41) is 12.4. The van der Waals surface area contributed by atoms with Gasteiger partial charge in [-0.15, -0.1) is 21.5 Å². The topological polar surface area (TPSA) is 138 Å². The van der Waals surface area contributed by atoms with Crippen molar-refractivity contribution in [1.29, 1.82) is 0 Å². The smallest absolute Gasteiger partial charge is 0.341 e. The minimum Gasteiger partial charge on any atom is -0.482 e. The van der Waals surface area contributed by atoms with Gasteiger partial charge in [0.15, 0.2) is 17.1 Å². The quantitative estimate of drug-likeness (QED) is 0.281. The summed E-state index contributed by atoms with van der Waals surface area (Å²) in [6.45, 7) is 7.16. The van der Waals surface area contributed by atoms with Gasteiger partial charge in [0.25, 0.3) is 5.91 Å². The lowest BCUT2D eigenvalue weighted by molar-refractivity contribution is -0.113. The molecule has 2 heterocycles. The molecule has 0 radical (unpaired) electrons. The third-order valence-electron chi connectivity index (χ3n) is 5.11. The number of amides is 2. The number of esters is 1. The second-order valence-corrected chi connectivity index (χ2v) is 10.2. The molecule has 0 saturated heterocycles. The number of primary amides is 1. The summed E-state index contributed by atoms with van der Waals surface area (Å²) in [5.41, 5.74) is 6.80. The average Bonchev–Trinajstić information content (AvgIpc) is 3.33. The van der Waals surface area contributed by atoms with Crippen molar-refractivity contribution >= 4 is 57.5 Å². The predicted octanol–water partition coefficient (Wildman–Crippen LogP) is 4.29. The van der Waals surface area contributed by atoms with E-state index in [1.165, 1.54) is 11.8 Å². The number of carbonyl (C=O) groups is 3. The first-order chi connectivity index (χ1) is 17.0. The number of hydrogen-bond acceptors (Lipinski definition) is 9. The lowest BCUT2D eigenvalue weighted by atomic mass is 10.1. The molecule has 0 aliphatic heterocycles. The summed E-state index contributed by atoms with van der Waals surface area (Å²) in [5.74, 6) is -0.463. The van der Waals surface area contributed by atoms with Crippen molar-refractivity contribution in [2.24, 2.45) is 12.8 Å². The normalized spacial score (nSPS) is 11.7. The van der Waals surface area contributed by atoms with Crippen LogP contribution in [0, 0.1) is 13.8 Å². The van der Waals surface area contributed by atoms with Crippen LogP contribution >= 0.6 is 34.7 Å². The Balaban J connectivity index is 1.68. The van der Waals surface area contributed by atoms with E-state index in [-0.39, 0.29) is 27.8 Å². The van der Waals surface area contributed by atoms with Gasteiger partial charge < -0.3 is 25.1 Å². The van der Waals surface area contributed by atoms with Gasteiger partial charge in [0.2, 0.25) is 5.91 Å². The third kappa shape index (κ3) is 6.18. The summed E-state index contributed by atoms with van der Waals surface area (Å²) >= 11 is 8.12. The van der Waals surface area contributed by atoms with E-state index >= 15 is 0 Å². The average molecular weight is 552 g/mol. The van der Waals surface area contributed by atoms with Gasteiger partial charge in [-0.25, -0.2) is 4.79 Å². The highest BCUT2D eigenvalue weighted by Crippen LogP contribution is 2.34. The molecule has 0 saturated carbocycles. The highest BCUT2D eigenvalue weighted by molar-refractivity contribution is 7.99. The number of hydrogen-bond donors (Lipinski definition) is 2. The van der Waals surface area contributed by atoms with Crippen LogP contribution in [0.5, 0.6) is 5.75 Å². The first-order valence-electron chi connectivity index (χ1n) is 10.9. The number of nitrogens with two attached hydrogens (primary N) is 1. The van der Waals surface area contributed by atoms with Gasteiger partial charge in [-0.3, -0.25) is 9.59 Å². The molecule has 0 bridgehead atoms. The Bertz CT molecular complexity index is 1310. The molecule has 1 aromatic carbocycles. The van der Waals surface area contributed by atoms with Gasteiger partial charge in [0.05, 0.1) is 22.8 Å². The van der Waals surface area contributed by atoms with E-state index < -0.39 is 23.9 Å². The Morgan fingerprint density at radius 2 is 2.00 bits per heavy atom. The number of aromatic nitrogens is 3. The summed E-state index contributed by atoms with van der Waals surface area (Å²) in [6.07, 6.45) is -0.404. The number of nitrogens with one attached hydrogen (secondary N) is 1. The van der Waals surface area contributed by atoms with Crippen LogP contribution in [0.15, 0.2) is 23.4 Å². The zero-order chi connectivity index (χ0) is 26.6. The fourth-order valence-electron chi connectivity index (χ4n) is 3.37. The maximum atomic E-state index is 12.7. The minimum atomic E-state index is -0.685. The van der Waals surface area contributed by atoms with Gasteiger partial charge >= 0.3 is 5.97 Å². The number of thiophene rings is 1. The number of aryl methyl sites for hydroxylation is 1. The van der Waals surface area contributed by atoms with Crippen LogP contribution in [0.3, 0.4) is 0 Å². The molecular weight excluding hydrogens is 526 g/mol. The Kier molecular flexibility index (Phi) is 8.98. The minimum absolute atomic E-state index is 0.0113. The van der Waals surface area contributed by atoms with Gasteiger partial charge in [-0.1, -0.05) is 23.4 Å². The zero-order valence-electron chi connectivity index (χ0n) is 20.4. The van der Waals surface area contributed by atoms with Gasteiger partial charge in [-0.2, -0.15) is 0 Å². The van der Waals surface area contributed by atoms with E-state index in [2.05, 4.69) is 15.5 Å². The van der Waals surface area contributed by atoms with Crippen LogP contribution in [-0.2, 0) is 16.6 Å². The Morgan fingerprint density at radius 1 is 1.28 bits per heavy atom. The monoisotopic (exact) mass is 551 g/mol. The summed E-state index contributed by atoms with van der Waals surface area (Å²) in [4.78, 5) is 37.0. The molecule has 13 heteroatoms. The molecule has 3 rings (SSSR count). The standard InChI is InChI=1S/C23H26ClN5O5S2/c1-6-33-22(32)17-12(3)18(19(25)31)36-21(17)26-16(30)10-35-23-28-27-20(29(23)5)13(4)34-15-8-7-14(24)9-11(15)2/h7-9,13H,6,10H2,1-5H3,(H2,25,31)(H,26,30).